The standard InChI is InChI=1S/C14H17BrN2O3/c15-11-8-9(17(18)19)4-5-13(11)16-12-2-1-3-14-10(12)6-7-20-14/h4-5,8,10,12,14,16H,1-3,6-7H2. The molecule has 2 aliphatic rings. The van der Waals surface area contributed by atoms with Crippen molar-refractivity contribution in [2.75, 3.05) is 11.9 Å². The van der Waals surface area contributed by atoms with Crippen molar-refractivity contribution in [3.8, 4) is 0 Å². The Morgan fingerprint density at radius 3 is 2.95 bits per heavy atom. The van der Waals surface area contributed by atoms with Crippen LogP contribution in [-0.2, 0) is 4.74 Å². The number of rotatable bonds is 3. The number of anilines is 1. The molecule has 5 nitrogen and oxygen atoms in total. The summed E-state index contributed by atoms with van der Waals surface area (Å²) in [7, 11) is 0. The molecule has 6 heteroatoms. The number of nitrogens with one attached hydrogen (secondary N) is 1. The number of hydrogen-bond donors (Lipinski definition) is 1. The minimum Gasteiger partial charge on any atom is -0.381 e. The minimum atomic E-state index is -0.379. The molecule has 108 valence electrons. The molecule has 0 radical (unpaired) electrons. The molecule has 1 saturated carbocycles. The second-order valence-corrected chi connectivity index (χ2v) is 6.32. The molecule has 0 aromatic heterocycles. The van der Waals surface area contributed by atoms with Gasteiger partial charge in [-0.05, 0) is 47.7 Å². The average Bonchev–Trinajstić information content (AvgIpc) is 2.90. The lowest BCUT2D eigenvalue weighted by Crippen LogP contribution is -2.38. The van der Waals surface area contributed by atoms with E-state index in [-0.39, 0.29) is 10.6 Å². The molecule has 1 aliphatic heterocycles. The van der Waals surface area contributed by atoms with E-state index in [2.05, 4.69) is 21.2 Å². The van der Waals surface area contributed by atoms with Gasteiger partial charge in [0.05, 0.1) is 11.0 Å². The van der Waals surface area contributed by atoms with Gasteiger partial charge in [-0.25, -0.2) is 0 Å². The maximum absolute atomic E-state index is 10.8. The summed E-state index contributed by atoms with van der Waals surface area (Å²) in [6.45, 7) is 0.856. The molecule has 1 N–H and O–H groups in total. The van der Waals surface area contributed by atoms with Gasteiger partial charge in [0.15, 0.2) is 0 Å². The number of fused-ring (bicyclic) bond motifs is 1. The largest absolute Gasteiger partial charge is 0.381 e. The first-order valence-corrected chi connectivity index (χ1v) is 7.76. The van der Waals surface area contributed by atoms with E-state index >= 15 is 0 Å². The first-order valence-electron chi connectivity index (χ1n) is 6.97. The van der Waals surface area contributed by atoms with Gasteiger partial charge in [0.25, 0.3) is 5.69 Å². The molecule has 1 aliphatic carbocycles. The number of ether oxygens (including phenoxy) is 1. The van der Waals surface area contributed by atoms with Crippen LogP contribution in [0, 0.1) is 16.0 Å². The zero-order valence-electron chi connectivity index (χ0n) is 11.0. The topological polar surface area (TPSA) is 64.4 Å². The second kappa shape index (κ2) is 5.69. The molecule has 0 amide bonds. The highest BCUT2D eigenvalue weighted by Gasteiger charge is 2.37. The summed E-state index contributed by atoms with van der Waals surface area (Å²) < 4.78 is 6.51. The van der Waals surface area contributed by atoms with Crippen molar-refractivity contribution in [1.29, 1.82) is 0 Å². The molecule has 0 bridgehead atoms. The van der Waals surface area contributed by atoms with Crippen molar-refractivity contribution in [1.82, 2.24) is 0 Å². The third kappa shape index (κ3) is 2.67. The molecule has 3 rings (SSSR count). The molecule has 1 saturated heterocycles. The van der Waals surface area contributed by atoms with Gasteiger partial charge in [0.2, 0.25) is 0 Å². The Labute approximate surface area is 126 Å². The Morgan fingerprint density at radius 1 is 1.35 bits per heavy atom. The number of non-ortho nitro benzene ring substituents is 1. The molecule has 0 spiro atoms. The molecule has 20 heavy (non-hydrogen) atoms. The number of nitrogens with zero attached hydrogens (tertiary/aromatic N) is 1. The first kappa shape index (κ1) is 13.8. The number of halogens is 1. The molecule has 1 aromatic carbocycles. The van der Waals surface area contributed by atoms with Crippen molar-refractivity contribution in [3.63, 3.8) is 0 Å². The van der Waals surface area contributed by atoms with E-state index in [0.717, 1.165) is 36.0 Å². The third-order valence-electron chi connectivity index (χ3n) is 4.29. The van der Waals surface area contributed by atoms with E-state index in [1.807, 2.05) is 0 Å². The molecular formula is C14H17BrN2O3. The highest BCUT2D eigenvalue weighted by atomic mass is 79.9. The van der Waals surface area contributed by atoms with Gasteiger partial charge in [-0.15, -0.1) is 0 Å². The fraction of sp³-hybridized carbons (Fsp3) is 0.571. The Bertz CT molecular complexity index is 523. The van der Waals surface area contributed by atoms with Gasteiger partial charge in [0.1, 0.15) is 0 Å². The molecule has 3 atom stereocenters. The van der Waals surface area contributed by atoms with Crippen LogP contribution in [0.5, 0.6) is 0 Å². The summed E-state index contributed by atoms with van der Waals surface area (Å²) in [6, 6.07) is 5.27. The van der Waals surface area contributed by atoms with Crippen LogP contribution in [-0.4, -0.2) is 23.7 Å². The van der Waals surface area contributed by atoms with Crippen LogP contribution in [0.1, 0.15) is 25.7 Å². The maximum atomic E-state index is 10.8. The lowest BCUT2D eigenvalue weighted by Gasteiger charge is -2.34. The fourth-order valence-electron chi connectivity index (χ4n) is 3.29. The van der Waals surface area contributed by atoms with E-state index in [1.54, 1.807) is 18.2 Å². The van der Waals surface area contributed by atoms with Crippen molar-refractivity contribution in [2.24, 2.45) is 5.92 Å². The van der Waals surface area contributed by atoms with Crippen LogP contribution >= 0.6 is 15.9 Å². The monoisotopic (exact) mass is 340 g/mol. The van der Waals surface area contributed by atoms with Crippen molar-refractivity contribution in [2.45, 2.75) is 37.8 Å². The second-order valence-electron chi connectivity index (χ2n) is 5.46. The Kier molecular flexibility index (Phi) is 3.94. The normalized spacial score (nSPS) is 28.9. The maximum Gasteiger partial charge on any atom is 0.270 e. The summed E-state index contributed by atoms with van der Waals surface area (Å²) in [4.78, 5) is 10.4. The van der Waals surface area contributed by atoms with E-state index in [9.17, 15) is 10.1 Å². The van der Waals surface area contributed by atoms with Crippen molar-refractivity contribution >= 4 is 27.3 Å². The summed E-state index contributed by atoms with van der Waals surface area (Å²) in [5.41, 5.74) is 1.03. The smallest absolute Gasteiger partial charge is 0.270 e. The van der Waals surface area contributed by atoms with Crippen LogP contribution in [0.15, 0.2) is 22.7 Å². The van der Waals surface area contributed by atoms with Crippen LogP contribution in [0.2, 0.25) is 0 Å². The van der Waals surface area contributed by atoms with Gasteiger partial charge in [-0.1, -0.05) is 0 Å². The van der Waals surface area contributed by atoms with Gasteiger partial charge in [0, 0.05) is 40.9 Å². The van der Waals surface area contributed by atoms with Crippen LogP contribution < -0.4 is 5.32 Å². The zero-order chi connectivity index (χ0) is 14.1. The Hall–Kier alpha value is -1.14. The number of benzene rings is 1. The third-order valence-corrected chi connectivity index (χ3v) is 4.94. The predicted molar refractivity (Wildman–Crippen MR) is 79.9 cm³/mol. The van der Waals surface area contributed by atoms with Crippen molar-refractivity contribution < 1.29 is 9.66 Å². The fourth-order valence-corrected chi connectivity index (χ4v) is 3.77. The lowest BCUT2D eigenvalue weighted by atomic mass is 9.81. The minimum absolute atomic E-state index is 0.105. The van der Waals surface area contributed by atoms with Crippen LogP contribution in [0.4, 0.5) is 11.4 Å². The molecule has 2 fully saturated rings. The quantitative estimate of drug-likeness (QED) is 0.672. The Morgan fingerprint density at radius 2 is 2.20 bits per heavy atom. The van der Waals surface area contributed by atoms with Crippen LogP contribution in [0.3, 0.4) is 0 Å². The average molecular weight is 341 g/mol. The highest BCUT2D eigenvalue weighted by Crippen LogP contribution is 2.37. The van der Waals surface area contributed by atoms with Gasteiger partial charge >= 0.3 is 0 Å². The lowest BCUT2D eigenvalue weighted by molar-refractivity contribution is -0.384. The van der Waals surface area contributed by atoms with Crippen molar-refractivity contribution in [3.05, 3.63) is 32.8 Å². The van der Waals surface area contributed by atoms with Crippen LogP contribution in [0.25, 0.3) is 0 Å². The number of hydrogen-bond acceptors (Lipinski definition) is 4. The Balaban J connectivity index is 1.75. The molecular weight excluding hydrogens is 324 g/mol. The molecule has 1 heterocycles. The summed E-state index contributed by atoms with van der Waals surface area (Å²) >= 11 is 3.42. The van der Waals surface area contributed by atoms with E-state index in [0.29, 0.717) is 18.1 Å². The highest BCUT2D eigenvalue weighted by molar-refractivity contribution is 9.10. The summed E-state index contributed by atoms with van der Waals surface area (Å²) in [6.07, 6.45) is 4.95. The van der Waals surface area contributed by atoms with E-state index in [4.69, 9.17) is 4.74 Å². The molecule has 1 aromatic rings. The van der Waals surface area contributed by atoms with E-state index < -0.39 is 0 Å². The zero-order valence-corrected chi connectivity index (χ0v) is 12.6. The predicted octanol–water partition coefficient (Wildman–Crippen LogP) is 3.73. The first-order chi connectivity index (χ1) is 9.65. The number of nitro benzene ring substituents is 1. The molecule has 3 unspecified atom stereocenters. The summed E-state index contributed by atoms with van der Waals surface area (Å²) in [5.74, 6) is 0.561. The number of nitro groups is 1. The van der Waals surface area contributed by atoms with E-state index in [1.165, 1.54) is 6.42 Å². The van der Waals surface area contributed by atoms with Gasteiger partial charge < -0.3 is 10.1 Å². The van der Waals surface area contributed by atoms with Gasteiger partial charge in [-0.3, -0.25) is 10.1 Å². The SMILES string of the molecule is O=[N+]([O-])c1ccc(NC2CCCC3OCCC23)c(Br)c1. The van der Waals surface area contributed by atoms with Gasteiger partial charge in [-0.2, -0.15) is 0 Å². The summed E-state index contributed by atoms with van der Waals surface area (Å²) in [5, 5.41) is 14.3.